The smallest absolute Gasteiger partial charge is 0.341 e. The molecule has 1 aromatic carbocycles. The van der Waals surface area contributed by atoms with Crippen molar-refractivity contribution in [3.8, 4) is 5.75 Å². The summed E-state index contributed by atoms with van der Waals surface area (Å²) in [5.74, 6) is -0.827. The lowest BCUT2D eigenvalue weighted by Gasteiger charge is -2.24. The van der Waals surface area contributed by atoms with Crippen molar-refractivity contribution in [3.05, 3.63) is 52.2 Å². The van der Waals surface area contributed by atoms with Crippen LogP contribution in [0.5, 0.6) is 5.75 Å². The van der Waals surface area contributed by atoms with Crippen LogP contribution in [0, 0.1) is 0 Å². The predicted molar refractivity (Wildman–Crippen MR) is 84.4 cm³/mol. The maximum absolute atomic E-state index is 12.5. The molecule has 0 spiro atoms. The molecule has 5 nitrogen and oxygen atoms in total. The Morgan fingerprint density at radius 2 is 2.09 bits per heavy atom. The molecule has 0 radical (unpaired) electrons. The highest BCUT2D eigenvalue weighted by Crippen LogP contribution is 2.25. The van der Waals surface area contributed by atoms with Crippen LogP contribution in [0.2, 0.25) is 0 Å². The lowest BCUT2D eigenvalue weighted by Crippen LogP contribution is -2.29. The van der Waals surface area contributed by atoms with Crippen molar-refractivity contribution in [2.45, 2.75) is 13.0 Å². The van der Waals surface area contributed by atoms with E-state index in [0.717, 1.165) is 4.88 Å². The van der Waals surface area contributed by atoms with Gasteiger partial charge in [-0.15, -0.1) is 11.3 Å². The number of rotatable bonds is 6. The minimum atomic E-state index is -1.06. The second-order valence-electron chi connectivity index (χ2n) is 4.82. The van der Waals surface area contributed by atoms with Gasteiger partial charge in [0.15, 0.2) is 6.61 Å². The average Bonchev–Trinajstić information content (AvgIpc) is 3.05. The molecule has 0 aliphatic carbocycles. The molecule has 0 bridgehead atoms. The molecule has 22 heavy (non-hydrogen) atoms. The Morgan fingerprint density at radius 3 is 2.73 bits per heavy atom. The summed E-state index contributed by atoms with van der Waals surface area (Å²) in [6.45, 7) is 1.54. The number of benzene rings is 1. The van der Waals surface area contributed by atoms with E-state index >= 15 is 0 Å². The predicted octanol–water partition coefficient (Wildman–Crippen LogP) is 3.04. The van der Waals surface area contributed by atoms with E-state index in [2.05, 4.69) is 0 Å². The topological polar surface area (TPSA) is 66.8 Å². The molecule has 0 fully saturated rings. The average molecular weight is 319 g/mol. The molecule has 1 N–H and O–H groups in total. The van der Waals surface area contributed by atoms with E-state index in [9.17, 15) is 9.59 Å². The third kappa shape index (κ3) is 3.85. The first-order valence-electron chi connectivity index (χ1n) is 6.74. The fraction of sp³-hybridized carbons (Fsp3) is 0.250. The Morgan fingerprint density at radius 1 is 1.32 bits per heavy atom. The second-order valence-corrected chi connectivity index (χ2v) is 5.80. The molecule has 1 aromatic heterocycles. The van der Waals surface area contributed by atoms with Crippen LogP contribution < -0.4 is 4.74 Å². The van der Waals surface area contributed by atoms with Crippen molar-refractivity contribution in [2.75, 3.05) is 13.7 Å². The molecule has 2 aromatic rings. The number of hydrogen-bond acceptors (Lipinski definition) is 4. The van der Waals surface area contributed by atoms with Gasteiger partial charge in [-0.05, 0) is 36.6 Å². The van der Waals surface area contributed by atoms with Gasteiger partial charge < -0.3 is 14.7 Å². The van der Waals surface area contributed by atoms with E-state index in [1.807, 2.05) is 24.4 Å². The number of carboxylic acid groups (broad SMARTS) is 1. The van der Waals surface area contributed by atoms with Crippen LogP contribution in [-0.2, 0) is 4.79 Å². The van der Waals surface area contributed by atoms with E-state index < -0.39 is 12.6 Å². The van der Waals surface area contributed by atoms with Gasteiger partial charge in [0, 0.05) is 17.5 Å². The number of thiophene rings is 1. The molecule has 0 aliphatic heterocycles. The Balaban J connectivity index is 2.11. The summed E-state index contributed by atoms with van der Waals surface area (Å²) < 4.78 is 5.10. The van der Waals surface area contributed by atoms with Crippen molar-refractivity contribution in [1.82, 2.24) is 4.90 Å². The quantitative estimate of drug-likeness (QED) is 0.888. The summed E-state index contributed by atoms with van der Waals surface area (Å²) >= 11 is 1.60. The minimum Gasteiger partial charge on any atom is -0.482 e. The summed E-state index contributed by atoms with van der Waals surface area (Å²) in [5, 5.41) is 10.6. The number of carbonyl (C=O) groups excluding carboxylic acids is 1. The fourth-order valence-electron chi connectivity index (χ4n) is 1.96. The van der Waals surface area contributed by atoms with Crippen molar-refractivity contribution in [3.63, 3.8) is 0 Å². The monoisotopic (exact) mass is 319 g/mol. The number of amides is 1. The Hall–Kier alpha value is -2.34. The van der Waals surface area contributed by atoms with E-state index in [1.165, 1.54) is 0 Å². The zero-order valence-electron chi connectivity index (χ0n) is 12.4. The first kappa shape index (κ1) is 16.0. The van der Waals surface area contributed by atoms with Crippen LogP contribution in [0.3, 0.4) is 0 Å². The molecule has 6 heteroatoms. The Bertz CT molecular complexity index is 654. The van der Waals surface area contributed by atoms with E-state index in [4.69, 9.17) is 9.84 Å². The third-order valence-corrected chi connectivity index (χ3v) is 4.34. The molecule has 0 saturated carbocycles. The number of hydrogen-bond donors (Lipinski definition) is 1. The molecule has 1 unspecified atom stereocenters. The van der Waals surface area contributed by atoms with Crippen LogP contribution in [-0.4, -0.2) is 35.5 Å². The highest BCUT2D eigenvalue weighted by Gasteiger charge is 2.20. The molecule has 1 amide bonds. The first-order valence-corrected chi connectivity index (χ1v) is 7.62. The minimum absolute atomic E-state index is 0.0314. The van der Waals surface area contributed by atoms with Crippen molar-refractivity contribution in [1.29, 1.82) is 0 Å². The van der Waals surface area contributed by atoms with E-state index in [-0.39, 0.29) is 11.9 Å². The molecular weight excluding hydrogens is 302 g/mol. The molecule has 2 rings (SSSR count). The van der Waals surface area contributed by atoms with Crippen molar-refractivity contribution >= 4 is 23.2 Å². The van der Waals surface area contributed by atoms with Gasteiger partial charge in [0.2, 0.25) is 0 Å². The van der Waals surface area contributed by atoms with Gasteiger partial charge in [0.1, 0.15) is 5.75 Å². The van der Waals surface area contributed by atoms with Crippen molar-refractivity contribution in [2.24, 2.45) is 0 Å². The molecule has 1 atom stereocenters. The lowest BCUT2D eigenvalue weighted by atomic mass is 10.1. The fourth-order valence-corrected chi connectivity index (χ4v) is 2.79. The first-order chi connectivity index (χ1) is 10.5. The van der Waals surface area contributed by atoms with Gasteiger partial charge in [-0.3, -0.25) is 4.79 Å². The Labute approximate surface area is 132 Å². The summed E-state index contributed by atoms with van der Waals surface area (Å²) in [5.41, 5.74) is 0.466. The number of carbonyl (C=O) groups is 2. The molecule has 0 aliphatic rings. The van der Waals surface area contributed by atoms with Gasteiger partial charge in [-0.1, -0.05) is 12.1 Å². The maximum atomic E-state index is 12.5. The normalized spacial score (nSPS) is 11.7. The zero-order valence-corrected chi connectivity index (χ0v) is 13.2. The molecule has 116 valence electrons. The van der Waals surface area contributed by atoms with Crippen LogP contribution >= 0.6 is 11.3 Å². The number of ether oxygens (including phenoxy) is 1. The van der Waals surface area contributed by atoms with Crippen LogP contribution in [0.1, 0.15) is 28.2 Å². The highest BCUT2D eigenvalue weighted by molar-refractivity contribution is 7.10. The third-order valence-electron chi connectivity index (χ3n) is 3.30. The summed E-state index contributed by atoms with van der Waals surface area (Å²) in [4.78, 5) is 25.8. The summed E-state index contributed by atoms with van der Waals surface area (Å²) in [6.07, 6.45) is 0. The maximum Gasteiger partial charge on any atom is 0.341 e. The standard InChI is InChI=1S/C16H17NO4S/c1-11(14-7-4-8-22-14)17(2)16(20)12-5-3-6-13(9-12)21-10-15(18)19/h3-9,11H,10H2,1-2H3,(H,18,19). The number of carboxylic acids is 1. The Kier molecular flexibility index (Phi) is 5.16. The lowest BCUT2D eigenvalue weighted by molar-refractivity contribution is -0.139. The SMILES string of the molecule is CC(c1cccs1)N(C)C(=O)c1cccc(OCC(=O)O)c1. The number of nitrogens with zero attached hydrogens (tertiary/aromatic N) is 1. The summed E-state index contributed by atoms with van der Waals surface area (Å²) in [6, 6.07) is 10.5. The molecule has 1 heterocycles. The second kappa shape index (κ2) is 7.09. The van der Waals surface area contributed by atoms with Crippen LogP contribution in [0.15, 0.2) is 41.8 Å². The molecular formula is C16H17NO4S. The molecule has 0 saturated heterocycles. The van der Waals surface area contributed by atoms with Crippen LogP contribution in [0.4, 0.5) is 0 Å². The van der Waals surface area contributed by atoms with Gasteiger partial charge in [0.25, 0.3) is 5.91 Å². The zero-order chi connectivity index (χ0) is 16.1. The van der Waals surface area contributed by atoms with E-state index in [1.54, 1.807) is 47.5 Å². The van der Waals surface area contributed by atoms with Crippen LogP contribution in [0.25, 0.3) is 0 Å². The largest absolute Gasteiger partial charge is 0.482 e. The van der Waals surface area contributed by atoms with E-state index in [0.29, 0.717) is 11.3 Å². The van der Waals surface area contributed by atoms with Gasteiger partial charge in [-0.25, -0.2) is 4.79 Å². The summed E-state index contributed by atoms with van der Waals surface area (Å²) in [7, 11) is 1.75. The van der Waals surface area contributed by atoms with Gasteiger partial charge in [0.05, 0.1) is 6.04 Å². The van der Waals surface area contributed by atoms with Crippen molar-refractivity contribution < 1.29 is 19.4 Å². The highest BCUT2D eigenvalue weighted by atomic mass is 32.1. The van der Waals surface area contributed by atoms with Gasteiger partial charge >= 0.3 is 5.97 Å². The van der Waals surface area contributed by atoms with Gasteiger partial charge in [-0.2, -0.15) is 0 Å². The number of aliphatic carboxylic acids is 1.